The molecular formula is C12H22N2O4. The van der Waals surface area contributed by atoms with Gasteiger partial charge in [0.1, 0.15) is 6.04 Å². The molecular weight excluding hydrogens is 236 g/mol. The minimum absolute atomic E-state index is 0.0670. The van der Waals surface area contributed by atoms with Crippen molar-refractivity contribution in [1.82, 2.24) is 10.2 Å². The molecule has 3 unspecified atom stereocenters. The Labute approximate surface area is 107 Å². The number of hydrogen-bond donors (Lipinski definition) is 3. The maximum absolute atomic E-state index is 11.9. The quantitative estimate of drug-likeness (QED) is 0.670. The molecule has 18 heavy (non-hydrogen) atoms. The summed E-state index contributed by atoms with van der Waals surface area (Å²) >= 11 is 0. The van der Waals surface area contributed by atoms with E-state index in [9.17, 15) is 9.59 Å². The third-order valence-electron chi connectivity index (χ3n) is 3.59. The van der Waals surface area contributed by atoms with Gasteiger partial charge in [-0.3, -0.25) is 0 Å². The highest BCUT2D eigenvalue weighted by Crippen LogP contribution is 2.16. The van der Waals surface area contributed by atoms with E-state index in [4.69, 9.17) is 10.2 Å². The molecule has 6 heteroatoms. The third-order valence-corrected chi connectivity index (χ3v) is 3.59. The summed E-state index contributed by atoms with van der Waals surface area (Å²) in [5.74, 6) is -0.999. The third kappa shape index (κ3) is 3.60. The molecule has 1 aliphatic heterocycles. The van der Waals surface area contributed by atoms with Gasteiger partial charge in [0.2, 0.25) is 0 Å². The first-order valence-electron chi connectivity index (χ1n) is 6.38. The molecule has 3 atom stereocenters. The van der Waals surface area contributed by atoms with Crippen molar-refractivity contribution < 1.29 is 19.8 Å². The molecule has 2 amide bonds. The highest BCUT2D eigenvalue weighted by atomic mass is 16.4. The van der Waals surface area contributed by atoms with Crippen molar-refractivity contribution in [2.24, 2.45) is 11.8 Å². The number of urea groups is 1. The minimum atomic E-state index is -1.00. The Morgan fingerprint density at radius 3 is 2.61 bits per heavy atom. The summed E-state index contributed by atoms with van der Waals surface area (Å²) in [5.41, 5.74) is 0. The molecule has 0 spiro atoms. The number of amides is 2. The second-order valence-corrected chi connectivity index (χ2v) is 4.93. The average Bonchev–Trinajstić information content (AvgIpc) is 2.83. The van der Waals surface area contributed by atoms with Crippen molar-refractivity contribution in [3.63, 3.8) is 0 Å². The lowest BCUT2D eigenvalue weighted by molar-refractivity contribution is -0.140. The largest absolute Gasteiger partial charge is 0.480 e. The van der Waals surface area contributed by atoms with Crippen molar-refractivity contribution in [3.05, 3.63) is 0 Å². The number of aliphatic hydroxyl groups excluding tert-OH is 1. The highest BCUT2D eigenvalue weighted by Gasteiger charge is 2.30. The number of carbonyl (C=O) groups is 2. The van der Waals surface area contributed by atoms with Crippen molar-refractivity contribution in [2.75, 3.05) is 19.7 Å². The zero-order chi connectivity index (χ0) is 13.7. The number of nitrogens with zero attached hydrogens (tertiary/aromatic N) is 1. The molecule has 3 N–H and O–H groups in total. The molecule has 1 heterocycles. The van der Waals surface area contributed by atoms with Gasteiger partial charge in [-0.05, 0) is 12.3 Å². The van der Waals surface area contributed by atoms with E-state index in [1.807, 2.05) is 6.92 Å². The van der Waals surface area contributed by atoms with Crippen LogP contribution in [0.5, 0.6) is 0 Å². The first-order valence-corrected chi connectivity index (χ1v) is 6.38. The highest BCUT2D eigenvalue weighted by molar-refractivity contribution is 5.82. The van der Waals surface area contributed by atoms with Crippen LogP contribution in [0, 0.1) is 11.8 Å². The summed E-state index contributed by atoms with van der Waals surface area (Å²) in [6, 6.07) is -1.20. The van der Waals surface area contributed by atoms with Crippen LogP contribution in [0.4, 0.5) is 4.79 Å². The average molecular weight is 258 g/mol. The second-order valence-electron chi connectivity index (χ2n) is 4.93. The second kappa shape index (κ2) is 6.58. The summed E-state index contributed by atoms with van der Waals surface area (Å²) < 4.78 is 0. The monoisotopic (exact) mass is 258 g/mol. The molecule has 0 aliphatic carbocycles. The molecule has 104 valence electrons. The van der Waals surface area contributed by atoms with Crippen LogP contribution in [0.25, 0.3) is 0 Å². The van der Waals surface area contributed by atoms with Gasteiger partial charge in [-0.1, -0.05) is 20.3 Å². The summed E-state index contributed by atoms with van der Waals surface area (Å²) in [7, 11) is 0. The number of rotatable bonds is 5. The Hall–Kier alpha value is -1.30. The van der Waals surface area contributed by atoms with Gasteiger partial charge in [-0.25, -0.2) is 9.59 Å². The van der Waals surface area contributed by atoms with Gasteiger partial charge in [0.25, 0.3) is 0 Å². The molecule has 1 rings (SSSR count). The van der Waals surface area contributed by atoms with E-state index >= 15 is 0 Å². The minimum Gasteiger partial charge on any atom is -0.480 e. The van der Waals surface area contributed by atoms with Gasteiger partial charge in [-0.2, -0.15) is 0 Å². The zero-order valence-electron chi connectivity index (χ0n) is 10.9. The van der Waals surface area contributed by atoms with Crippen LogP contribution < -0.4 is 5.32 Å². The van der Waals surface area contributed by atoms with E-state index in [1.54, 1.807) is 11.8 Å². The lowest BCUT2D eigenvalue weighted by atomic mass is 9.99. The molecule has 0 aromatic heterocycles. The first-order chi connectivity index (χ1) is 8.49. The normalized spacial score (nSPS) is 22.6. The van der Waals surface area contributed by atoms with Crippen molar-refractivity contribution in [1.29, 1.82) is 0 Å². The molecule has 0 aromatic carbocycles. The van der Waals surface area contributed by atoms with Crippen molar-refractivity contribution in [3.8, 4) is 0 Å². The smallest absolute Gasteiger partial charge is 0.326 e. The predicted octanol–water partition coefficient (Wildman–Crippen LogP) is 0.509. The number of carboxylic acid groups (broad SMARTS) is 1. The SMILES string of the molecule is CCC(C)C(NC(=O)N1CCC(CO)C1)C(=O)O. The number of aliphatic carboxylic acids is 1. The number of hydrogen-bond acceptors (Lipinski definition) is 3. The fourth-order valence-electron chi connectivity index (χ4n) is 2.07. The van der Waals surface area contributed by atoms with Crippen LogP contribution in [0.1, 0.15) is 26.7 Å². The predicted molar refractivity (Wildman–Crippen MR) is 66.2 cm³/mol. The van der Waals surface area contributed by atoms with E-state index in [0.717, 1.165) is 6.42 Å². The Kier molecular flexibility index (Phi) is 5.40. The van der Waals surface area contributed by atoms with Gasteiger partial charge in [0, 0.05) is 25.6 Å². The Bertz CT molecular complexity index is 308. The van der Waals surface area contributed by atoms with E-state index in [1.165, 1.54) is 0 Å². The van der Waals surface area contributed by atoms with Crippen LogP contribution in [0.3, 0.4) is 0 Å². The zero-order valence-corrected chi connectivity index (χ0v) is 10.9. The fraction of sp³-hybridized carbons (Fsp3) is 0.833. The van der Waals surface area contributed by atoms with E-state index in [0.29, 0.717) is 19.5 Å². The molecule has 0 bridgehead atoms. The number of aliphatic hydroxyl groups is 1. The van der Waals surface area contributed by atoms with Crippen LogP contribution in [-0.4, -0.2) is 52.9 Å². The Balaban J connectivity index is 2.54. The molecule has 1 saturated heterocycles. The van der Waals surface area contributed by atoms with Crippen LogP contribution in [0.15, 0.2) is 0 Å². The molecule has 6 nitrogen and oxygen atoms in total. The van der Waals surface area contributed by atoms with Crippen LogP contribution in [-0.2, 0) is 4.79 Å². The van der Waals surface area contributed by atoms with Crippen molar-refractivity contribution >= 4 is 12.0 Å². The molecule has 0 radical (unpaired) electrons. The van der Waals surface area contributed by atoms with E-state index in [2.05, 4.69) is 5.32 Å². The lowest BCUT2D eigenvalue weighted by Crippen LogP contribution is -2.50. The van der Waals surface area contributed by atoms with E-state index in [-0.39, 0.29) is 24.5 Å². The van der Waals surface area contributed by atoms with Crippen LogP contribution >= 0.6 is 0 Å². The van der Waals surface area contributed by atoms with Gasteiger partial charge >= 0.3 is 12.0 Å². The van der Waals surface area contributed by atoms with Gasteiger partial charge in [0.15, 0.2) is 0 Å². The molecule has 1 fully saturated rings. The fourth-order valence-corrected chi connectivity index (χ4v) is 2.07. The molecule has 1 aliphatic rings. The maximum Gasteiger partial charge on any atom is 0.326 e. The van der Waals surface area contributed by atoms with Crippen molar-refractivity contribution in [2.45, 2.75) is 32.7 Å². The van der Waals surface area contributed by atoms with Gasteiger partial charge in [-0.15, -0.1) is 0 Å². The number of likely N-dealkylation sites (tertiary alicyclic amines) is 1. The summed E-state index contributed by atoms with van der Waals surface area (Å²) in [4.78, 5) is 24.6. The maximum atomic E-state index is 11.9. The van der Waals surface area contributed by atoms with Gasteiger partial charge < -0.3 is 20.4 Å². The Morgan fingerprint density at radius 2 is 2.17 bits per heavy atom. The number of nitrogens with one attached hydrogen (secondary N) is 1. The summed E-state index contributed by atoms with van der Waals surface area (Å²) in [6.07, 6.45) is 1.46. The number of carbonyl (C=O) groups excluding carboxylic acids is 1. The lowest BCUT2D eigenvalue weighted by Gasteiger charge is -2.24. The molecule has 0 aromatic rings. The van der Waals surface area contributed by atoms with Gasteiger partial charge in [0.05, 0.1) is 0 Å². The van der Waals surface area contributed by atoms with Crippen LogP contribution in [0.2, 0.25) is 0 Å². The standard InChI is InChI=1S/C12H22N2O4/c1-3-8(2)10(11(16)17)13-12(18)14-5-4-9(6-14)7-15/h8-10,15H,3-7H2,1-2H3,(H,13,18)(H,16,17). The summed E-state index contributed by atoms with van der Waals surface area (Å²) in [5, 5.41) is 20.7. The topological polar surface area (TPSA) is 89.9 Å². The molecule has 0 saturated carbocycles. The Morgan fingerprint density at radius 1 is 1.50 bits per heavy atom. The number of carboxylic acids is 1. The summed E-state index contributed by atoms with van der Waals surface area (Å²) in [6.45, 7) is 4.83. The first kappa shape index (κ1) is 14.8. The van der Waals surface area contributed by atoms with E-state index < -0.39 is 12.0 Å².